The minimum atomic E-state index is -0.151. The number of H-pyrrole nitrogens is 1. The number of aromatic amines is 1. The van der Waals surface area contributed by atoms with E-state index in [0.29, 0.717) is 35.2 Å². The van der Waals surface area contributed by atoms with Gasteiger partial charge in [-0.15, -0.1) is 11.3 Å². The van der Waals surface area contributed by atoms with E-state index < -0.39 is 0 Å². The van der Waals surface area contributed by atoms with Gasteiger partial charge in [0.05, 0.1) is 17.6 Å². The summed E-state index contributed by atoms with van der Waals surface area (Å²) in [5.74, 6) is 2.36. The van der Waals surface area contributed by atoms with Gasteiger partial charge in [0.2, 0.25) is 0 Å². The molecule has 0 saturated heterocycles. The number of aryl methyl sites for hydroxylation is 1. The highest BCUT2D eigenvalue weighted by Crippen LogP contribution is 2.36. The molecule has 0 radical (unpaired) electrons. The number of nitrogens with one attached hydrogen (secondary N) is 1. The Balaban J connectivity index is 1.61. The van der Waals surface area contributed by atoms with E-state index >= 15 is 0 Å². The second-order valence-corrected chi connectivity index (χ2v) is 9.80. The van der Waals surface area contributed by atoms with Crippen LogP contribution in [0.5, 0.6) is 5.75 Å². The van der Waals surface area contributed by atoms with Crippen LogP contribution in [0.1, 0.15) is 55.4 Å². The predicted molar refractivity (Wildman–Crippen MR) is 126 cm³/mol. The Kier molecular flexibility index (Phi) is 6.24. The predicted octanol–water partition coefficient (Wildman–Crippen LogP) is 5.60. The van der Waals surface area contributed by atoms with Crippen LogP contribution < -0.4 is 10.3 Å². The van der Waals surface area contributed by atoms with Crippen LogP contribution in [0.15, 0.2) is 29.1 Å². The van der Waals surface area contributed by atoms with Gasteiger partial charge in [0.25, 0.3) is 5.56 Å². The zero-order chi connectivity index (χ0) is 22.0. The number of nitrogens with zero attached hydrogens (tertiary/aromatic N) is 2. The lowest BCUT2D eigenvalue weighted by Crippen LogP contribution is -2.14. The zero-order valence-electron chi connectivity index (χ0n) is 18.2. The van der Waals surface area contributed by atoms with Gasteiger partial charge in [0.15, 0.2) is 5.82 Å². The van der Waals surface area contributed by atoms with Gasteiger partial charge in [0.1, 0.15) is 16.6 Å². The molecule has 3 aromatic rings. The van der Waals surface area contributed by atoms with Crippen LogP contribution in [0, 0.1) is 23.2 Å². The first-order valence-corrected chi connectivity index (χ1v) is 11.7. The number of thiophene rings is 1. The van der Waals surface area contributed by atoms with E-state index in [1.165, 1.54) is 4.88 Å². The summed E-state index contributed by atoms with van der Waals surface area (Å²) in [5, 5.41) is 10.4. The molecule has 160 valence electrons. The lowest BCUT2D eigenvalue weighted by atomic mass is 9.89. The maximum Gasteiger partial charge on any atom is 0.260 e. The molecule has 5 nitrogen and oxygen atoms in total. The maximum absolute atomic E-state index is 12.8. The van der Waals surface area contributed by atoms with Gasteiger partial charge in [-0.2, -0.15) is 5.26 Å². The lowest BCUT2D eigenvalue weighted by molar-refractivity contribution is 0.289. The molecule has 31 heavy (non-hydrogen) atoms. The van der Waals surface area contributed by atoms with Gasteiger partial charge in [-0.3, -0.25) is 4.79 Å². The number of hydrogen-bond donors (Lipinski definition) is 1. The maximum atomic E-state index is 12.8. The van der Waals surface area contributed by atoms with Crippen molar-refractivity contribution in [3.63, 3.8) is 0 Å². The fourth-order valence-corrected chi connectivity index (χ4v) is 5.25. The van der Waals surface area contributed by atoms with Crippen molar-refractivity contribution in [1.82, 2.24) is 9.97 Å². The number of aromatic nitrogens is 2. The molecule has 0 amide bonds. The Morgan fingerprint density at radius 3 is 2.87 bits per heavy atom. The van der Waals surface area contributed by atoms with Gasteiger partial charge in [-0.1, -0.05) is 32.9 Å². The van der Waals surface area contributed by atoms with Gasteiger partial charge in [0, 0.05) is 4.88 Å². The fraction of sp³-hybridized carbons (Fsp3) is 0.400. The van der Waals surface area contributed by atoms with Crippen molar-refractivity contribution in [3.05, 3.63) is 56.4 Å². The third-order valence-corrected chi connectivity index (χ3v) is 6.84. The Hall–Kier alpha value is -2.91. The molecule has 1 unspecified atom stereocenters. The average molecular weight is 434 g/mol. The largest absolute Gasteiger partial charge is 0.494 e. The van der Waals surface area contributed by atoms with E-state index in [2.05, 4.69) is 36.8 Å². The Bertz CT molecular complexity index is 1210. The first kappa shape index (κ1) is 21.3. The van der Waals surface area contributed by atoms with Gasteiger partial charge in [-0.25, -0.2) is 4.98 Å². The normalized spacial score (nSPS) is 16.4. The first-order chi connectivity index (χ1) is 14.9. The summed E-state index contributed by atoms with van der Waals surface area (Å²) < 4.78 is 5.75. The van der Waals surface area contributed by atoms with Crippen LogP contribution in [0.2, 0.25) is 0 Å². The van der Waals surface area contributed by atoms with E-state index in [0.717, 1.165) is 47.4 Å². The summed E-state index contributed by atoms with van der Waals surface area (Å²) >= 11 is 1.59. The second-order valence-electron chi connectivity index (χ2n) is 8.72. The molecule has 0 saturated carbocycles. The molecule has 4 rings (SSSR count). The van der Waals surface area contributed by atoms with E-state index in [4.69, 9.17) is 4.74 Å². The smallest absolute Gasteiger partial charge is 0.260 e. The molecule has 2 heterocycles. The molecule has 2 aromatic heterocycles. The average Bonchev–Trinajstić information content (AvgIpc) is 3.10. The molecule has 0 spiro atoms. The summed E-state index contributed by atoms with van der Waals surface area (Å²) in [5.41, 5.74) is 2.19. The van der Waals surface area contributed by atoms with E-state index in [9.17, 15) is 10.1 Å². The number of ether oxygens (including phenoxy) is 1. The van der Waals surface area contributed by atoms with Crippen molar-refractivity contribution >= 4 is 33.2 Å². The standard InChI is InChI=1S/C25H27N3O2S/c1-15(2)10-11-30-19-7-5-17(6-8-19)13-18(14-26)23-27-24(29)22-20-9-4-16(3)12-21(20)31-25(22)28-23/h5-8,13,15-16H,4,9-12H2,1-3H3,(H,27,28,29)/b18-13+. The SMILES string of the molecule is CC(C)CCOc1ccc(/C=C(\C#N)c2nc3sc4c(c3c(=O)[nH]2)CCC(C)C4)cc1. The zero-order valence-corrected chi connectivity index (χ0v) is 19.0. The topological polar surface area (TPSA) is 78.8 Å². The van der Waals surface area contributed by atoms with E-state index in [1.807, 2.05) is 24.3 Å². The molecule has 1 aliphatic rings. The molecule has 1 N–H and O–H groups in total. The third kappa shape index (κ3) is 4.72. The first-order valence-electron chi connectivity index (χ1n) is 10.8. The van der Waals surface area contributed by atoms with Crippen molar-refractivity contribution < 1.29 is 4.74 Å². The van der Waals surface area contributed by atoms with Crippen molar-refractivity contribution in [2.45, 2.75) is 46.5 Å². The minimum absolute atomic E-state index is 0.151. The Morgan fingerprint density at radius 2 is 2.16 bits per heavy atom. The molecule has 1 atom stereocenters. The summed E-state index contributed by atoms with van der Waals surface area (Å²) in [6.07, 6.45) is 5.77. The Labute approximate surface area is 186 Å². The van der Waals surface area contributed by atoms with Gasteiger partial charge < -0.3 is 9.72 Å². The monoisotopic (exact) mass is 433 g/mol. The number of allylic oxidation sites excluding steroid dienone is 1. The third-order valence-electron chi connectivity index (χ3n) is 5.70. The molecular formula is C25H27N3O2S. The van der Waals surface area contributed by atoms with Gasteiger partial charge >= 0.3 is 0 Å². The molecule has 1 aliphatic carbocycles. The van der Waals surface area contributed by atoms with E-state index in [1.54, 1.807) is 17.4 Å². The highest BCUT2D eigenvalue weighted by atomic mass is 32.1. The summed E-state index contributed by atoms with van der Waals surface area (Å²) in [4.78, 5) is 22.3. The van der Waals surface area contributed by atoms with Crippen LogP contribution in [0.4, 0.5) is 0 Å². The van der Waals surface area contributed by atoms with Crippen LogP contribution in [0.25, 0.3) is 21.9 Å². The summed E-state index contributed by atoms with van der Waals surface area (Å²) in [6, 6.07) is 9.80. The highest BCUT2D eigenvalue weighted by Gasteiger charge is 2.23. The number of benzene rings is 1. The minimum Gasteiger partial charge on any atom is -0.494 e. The van der Waals surface area contributed by atoms with Crippen LogP contribution in [-0.2, 0) is 12.8 Å². The lowest BCUT2D eigenvalue weighted by Gasteiger charge is -2.17. The van der Waals surface area contributed by atoms with Crippen molar-refractivity contribution in [2.24, 2.45) is 11.8 Å². The van der Waals surface area contributed by atoms with Crippen LogP contribution in [-0.4, -0.2) is 16.6 Å². The fourth-order valence-electron chi connectivity index (χ4n) is 3.87. The Morgan fingerprint density at radius 1 is 1.39 bits per heavy atom. The summed E-state index contributed by atoms with van der Waals surface area (Å²) in [6.45, 7) is 7.27. The molecule has 6 heteroatoms. The number of rotatable bonds is 6. The molecular weight excluding hydrogens is 406 g/mol. The number of nitriles is 1. The number of hydrogen-bond acceptors (Lipinski definition) is 5. The van der Waals surface area contributed by atoms with Crippen molar-refractivity contribution in [1.29, 1.82) is 5.26 Å². The van der Waals surface area contributed by atoms with Crippen LogP contribution >= 0.6 is 11.3 Å². The van der Waals surface area contributed by atoms with Gasteiger partial charge in [-0.05, 0) is 66.9 Å². The number of fused-ring (bicyclic) bond motifs is 3. The van der Waals surface area contributed by atoms with Crippen molar-refractivity contribution in [3.8, 4) is 11.8 Å². The highest BCUT2D eigenvalue weighted by molar-refractivity contribution is 7.18. The van der Waals surface area contributed by atoms with Crippen molar-refractivity contribution in [2.75, 3.05) is 6.61 Å². The second kappa shape index (κ2) is 9.07. The quantitative estimate of drug-likeness (QED) is 0.513. The summed E-state index contributed by atoms with van der Waals surface area (Å²) in [7, 11) is 0. The molecule has 1 aromatic carbocycles. The van der Waals surface area contributed by atoms with Crippen LogP contribution in [0.3, 0.4) is 0 Å². The molecule has 0 fully saturated rings. The molecule has 0 aliphatic heterocycles. The van der Waals surface area contributed by atoms with E-state index in [-0.39, 0.29) is 5.56 Å². The molecule has 0 bridgehead atoms.